The molecular weight excluding hydrogens is 440 g/mol. The van der Waals surface area contributed by atoms with Crippen LogP contribution in [0.3, 0.4) is 0 Å². The first kappa shape index (κ1) is 26.4. The number of sulfonamides is 2. The van der Waals surface area contributed by atoms with Crippen molar-refractivity contribution in [3.8, 4) is 0 Å². The third-order valence-electron chi connectivity index (χ3n) is 2.99. The molecule has 0 atom stereocenters. The lowest BCUT2D eigenvalue weighted by Crippen LogP contribution is -2.45. The summed E-state index contributed by atoms with van der Waals surface area (Å²) in [6.45, 7) is 3.35. The lowest BCUT2D eigenvalue weighted by Gasteiger charge is -2.11. The van der Waals surface area contributed by atoms with Gasteiger partial charge in [0.05, 0.1) is 0 Å². The van der Waals surface area contributed by atoms with Crippen LogP contribution in [0.5, 0.6) is 0 Å². The molecule has 1 heterocycles. The van der Waals surface area contributed by atoms with E-state index in [4.69, 9.17) is 0 Å². The summed E-state index contributed by atoms with van der Waals surface area (Å²) in [6, 6.07) is 4.30. The summed E-state index contributed by atoms with van der Waals surface area (Å²) in [7, 11) is -9.07. The Morgan fingerprint density at radius 3 is 1.61 bits per heavy atom. The number of aromatic nitrogens is 1. The Hall–Kier alpha value is -1.61. The van der Waals surface area contributed by atoms with Gasteiger partial charge in [0.25, 0.3) is 0 Å². The summed E-state index contributed by atoms with van der Waals surface area (Å²) in [5, 5.41) is 0. The van der Waals surface area contributed by atoms with E-state index in [2.05, 4.69) is 55.0 Å². The summed E-state index contributed by atoms with van der Waals surface area (Å²) in [5.41, 5.74) is -11.0. The Labute approximate surface area is 159 Å². The molecule has 0 spiro atoms. The first-order valence-electron chi connectivity index (χ1n) is 7.52. The van der Waals surface area contributed by atoms with Gasteiger partial charge in [0.2, 0.25) is 0 Å². The van der Waals surface area contributed by atoms with Crippen molar-refractivity contribution >= 4 is 25.7 Å². The van der Waals surface area contributed by atoms with Crippen molar-refractivity contribution in [2.24, 2.45) is 0 Å². The van der Waals surface area contributed by atoms with Crippen molar-refractivity contribution < 1.29 is 47.7 Å². The van der Waals surface area contributed by atoms with Gasteiger partial charge in [-0.15, -0.1) is 0 Å². The van der Waals surface area contributed by atoms with Crippen LogP contribution in [0.4, 0.5) is 32.0 Å². The van der Waals surface area contributed by atoms with Crippen LogP contribution < -0.4 is 13.6 Å². The van der Waals surface area contributed by atoms with E-state index in [-0.39, 0.29) is 0 Å². The summed E-state index contributed by atoms with van der Waals surface area (Å²) in [4.78, 5) is 2.12. The molecule has 0 aliphatic carbocycles. The van der Waals surface area contributed by atoms with E-state index in [9.17, 15) is 43.2 Å². The second kappa shape index (κ2) is 9.73. The maximum atomic E-state index is 11.5. The van der Waals surface area contributed by atoms with Crippen molar-refractivity contribution in [2.45, 2.75) is 37.3 Å². The zero-order valence-corrected chi connectivity index (χ0v) is 16.7. The second-order valence-corrected chi connectivity index (χ2v) is 9.13. The van der Waals surface area contributed by atoms with E-state index < -0.39 is 35.2 Å². The molecule has 1 aromatic heterocycles. The molecule has 0 saturated heterocycles. The minimum absolute atomic E-state index is 0.493. The van der Waals surface area contributed by atoms with E-state index in [1.165, 1.54) is 18.5 Å². The predicted octanol–water partition coefficient (Wildman–Crippen LogP) is 2.12. The SMILES string of the molecule is CCCC[n+]1ccc(N(C)C)cc1.O=S(=O)(NS(=O)(=O)C(F)(F)F)C(F)(F)F. The number of anilines is 1. The number of unbranched alkanes of at least 4 members (excludes halogenated alkanes) is 1. The molecule has 0 saturated carbocycles. The minimum atomic E-state index is -6.60. The third-order valence-corrected chi connectivity index (χ3v) is 5.96. The van der Waals surface area contributed by atoms with Crippen LogP contribution in [0.1, 0.15) is 19.8 Å². The van der Waals surface area contributed by atoms with Crippen molar-refractivity contribution in [2.75, 3.05) is 19.0 Å². The van der Waals surface area contributed by atoms with Crippen LogP contribution >= 0.6 is 0 Å². The number of nitrogens with one attached hydrogen (secondary N) is 1. The van der Waals surface area contributed by atoms with Crippen LogP contribution in [0.2, 0.25) is 0 Å². The standard InChI is InChI=1S/C11H19N2.C2HF6NO4S2/c1-4-5-8-13-9-6-11(7-10-13)12(2)3;3-1(4,5)14(10,11)9-15(12,13)2(6,7)8/h6-7,9-10H,4-5,8H2,1-3H3;9H/q+1;. The molecular formula is C13H20F6N3O4S2+. The number of halogens is 6. The fourth-order valence-electron chi connectivity index (χ4n) is 1.48. The molecule has 1 N–H and O–H groups in total. The summed E-state index contributed by atoms with van der Waals surface area (Å²) < 4.78 is 111. The Morgan fingerprint density at radius 1 is 0.929 bits per heavy atom. The van der Waals surface area contributed by atoms with E-state index in [1.807, 2.05) is 0 Å². The molecule has 1 aromatic rings. The molecule has 164 valence electrons. The average Bonchev–Trinajstić information content (AvgIpc) is 2.50. The molecule has 0 unspecified atom stereocenters. The number of hydrogen-bond acceptors (Lipinski definition) is 5. The summed E-state index contributed by atoms with van der Waals surface area (Å²) in [6.07, 6.45) is 6.80. The topological polar surface area (TPSA) is 87.4 Å². The van der Waals surface area contributed by atoms with Gasteiger partial charge in [0, 0.05) is 38.3 Å². The highest BCUT2D eigenvalue weighted by Crippen LogP contribution is 2.27. The number of alkyl halides is 6. The van der Waals surface area contributed by atoms with E-state index in [1.54, 1.807) is 0 Å². The molecule has 0 aromatic carbocycles. The van der Waals surface area contributed by atoms with Gasteiger partial charge in [-0.05, 0) is 0 Å². The molecule has 15 heteroatoms. The van der Waals surface area contributed by atoms with Crippen LogP contribution in [0.15, 0.2) is 24.5 Å². The molecule has 0 amide bonds. The zero-order valence-electron chi connectivity index (χ0n) is 15.0. The van der Waals surface area contributed by atoms with Crippen LogP contribution in [0, 0.1) is 0 Å². The van der Waals surface area contributed by atoms with Crippen molar-refractivity contribution in [1.29, 1.82) is 0 Å². The van der Waals surface area contributed by atoms with Crippen LogP contribution in [0.25, 0.3) is 0 Å². The average molecular weight is 460 g/mol. The third kappa shape index (κ3) is 8.18. The number of hydrogen-bond donors (Lipinski definition) is 1. The van der Waals surface area contributed by atoms with Gasteiger partial charge in [-0.2, -0.15) is 26.3 Å². The highest BCUT2D eigenvalue weighted by atomic mass is 32.3. The maximum Gasteiger partial charge on any atom is 0.512 e. The lowest BCUT2D eigenvalue weighted by molar-refractivity contribution is -0.697. The van der Waals surface area contributed by atoms with Gasteiger partial charge < -0.3 is 4.90 Å². The summed E-state index contributed by atoms with van der Waals surface area (Å²) in [5.74, 6) is 0. The van der Waals surface area contributed by atoms with Gasteiger partial charge in [-0.3, -0.25) is 0 Å². The van der Waals surface area contributed by atoms with Crippen molar-refractivity contribution in [3.05, 3.63) is 24.5 Å². The quantitative estimate of drug-likeness (QED) is 0.519. The largest absolute Gasteiger partial charge is 0.512 e. The second-order valence-electron chi connectivity index (χ2n) is 5.52. The fraction of sp³-hybridized carbons (Fsp3) is 0.615. The number of pyridine rings is 1. The highest BCUT2D eigenvalue weighted by molar-refractivity contribution is 8.05. The van der Waals surface area contributed by atoms with Gasteiger partial charge in [0.1, 0.15) is 6.54 Å². The minimum Gasteiger partial charge on any atom is -0.377 e. The summed E-state index contributed by atoms with van der Waals surface area (Å²) >= 11 is 0. The van der Waals surface area contributed by atoms with Gasteiger partial charge in [0.15, 0.2) is 12.4 Å². The highest BCUT2D eigenvalue weighted by Gasteiger charge is 2.55. The number of nitrogens with zero attached hydrogens (tertiary/aromatic N) is 2. The Bertz CT molecular complexity index is 777. The monoisotopic (exact) mass is 460 g/mol. The predicted molar refractivity (Wildman–Crippen MR) is 89.0 cm³/mol. The first-order valence-corrected chi connectivity index (χ1v) is 10.5. The number of aryl methyl sites for hydroxylation is 1. The van der Waals surface area contributed by atoms with Gasteiger partial charge >= 0.3 is 31.1 Å². The van der Waals surface area contributed by atoms with Crippen molar-refractivity contribution in [1.82, 2.24) is 4.13 Å². The van der Waals surface area contributed by atoms with Crippen LogP contribution in [-0.4, -0.2) is 41.9 Å². The van der Waals surface area contributed by atoms with Crippen molar-refractivity contribution in [3.63, 3.8) is 0 Å². The molecule has 0 bridgehead atoms. The zero-order chi connectivity index (χ0) is 22.4. The fourth-order valence-corrected chi connectivity index (χ4v) is 3.39. The molecule has 0 aliphatic rings. The van der Waals surface area contributed by atoms with Gasteiger partial charge in [-0.25, -0.2) is 21.4 Å². The normalized spacial score (nSPS) is 12.9. The lowest BCUT2D eigenvalue weighted by atomic mass is 10.3. The van der Waals surface area contributed by atoms with Gasteiger partial charge in [-0.1, -0.05) is 17.5 Å². The molecule has 0 fully saturated rings. The number of rotatable bonds is 6. The van der Waals surface area contributed by atoms with Crippen LogP contribution in [-0.2, 0) is 26.6 Å². The Balaban J connectivity index is 0.000000525. The van der Waals surface area contributed by atoms with E-state index in [0.29, 0.717) is 0 Å². The molecule has 7 nitrogen and oxygen atoms in total. The first-order chi connectivity index (χ1) is 12.4. The Kier molecular flexibility index (Phi) is 9.17. The van der Waals surface area contributed by atoms with E-state index in [0.717, 1.165) is 6.54 Å². The Morgan fingerprint density at radius 2 is 1.32 bits per heavy atom. The molecule has 28 heavy (non-hydrogen) atoms. The molecule has 1 rings (SSSR count). The molecule has 0 aliphatic heterocycles. The maximum absolute atomic E-state index is 11.5. The smallest absolute Gasteiger partial charge is 0.377 e. The van der Waals surface area contributed by atoms with E-state index >= 15 is 0 Å². The molecule has 0 radical (unpaired) electrons.